The van der Waals surface area contributed by atoms with Crippen LogP contribution in [0.25, 0.3) is 32.2 Å². The quantitative estimate of drug-likeness (QED) is 0.305. The molecular weight excluding hydrogens is 236 g/mol. The van der Waals surface area contributed by atoms with Gasteiger partial charge in [0, 0.05) is 33.3 Å². The van der Waals surface area contributed by atoms with Crippen LogP contribution in [0.4, 0.5) is 0 Å². The smallest absolute Gasteiger partial charge is 0.0497 e. The van der Waals surface area contributed by atoms with Gasteiger partial charge in [-0.1, -0.05) is 41.5 Å². The number of aryl methyl sites for hydroxylation is 1. The third-order valence-electron chi connectivity index (χ3n) is 3.40. The fraction of sp³-hybridized carbons (Fsp3) is 0.200. The lowest BCUT2D eigenvalue weighted by molar-refractivity contribution is 0.830. The molecule has 19 heavy (non-hydrogen) atoms. The van der Waals surface area contributed by atoms with Gasteiger partial charge in [0.1, 0.15) is 0 Å². The second-order valence-corrected chi connectivity index (χ2v) is 4.57. The maximum absolute atomic E-state index is 8.28. The number of hydrogen-bond acceptors (Lipinski definition) is 1. The maximum atomic E-state index is 8.28. The minimum atomic E-state index is 0.549. The Bertz CT molecular complexity index is 766. The van der Waals surface area contributed by atoms with Crippen LogP contribution in [0.1, 0.15) is 12.0 Å². The number of fused-ring (bicyclic) bond motifs is 3. The van der Waals surface area contributed by atoms with E-state index in [-0.39, 0.29) is 0 Å². The predicted molar refractivity (Wildman–Crippen MR) is 78.1 cm³/mol. The molecule has 0 radical (unpaired) electrons. The molecule has 0 amide bonds. The molecule has 0 saturated carbocycles. The number of nitrogens with zero attached hydrogens (tertiary/aromatic N) is 3. The zero-order chi connectivity index (χ0) is 13.1. The first-order chi connectivity index (χ1) is 9.40. The van der Waals surface area contributed by atoms with Gasteiger partial charge < -0.3 is 4.98 Å². The van der Waals surface area contributed by atoms with Gasteiger partial charge >= 0.3 is 0 Å². The van der Waals surface area contributed by atoms with Crippen LogP contribution in [0.5, 0.6) is 0 Å². The summed E-state index contributed by atoms with van der Waals surface area (Å²) in [5, 5.41) is 6.10. The second-order valence-electron chi connectivity index (χ2n) is 4.57. The van der Waals surface area contributed by atoms with E-state index in [0.717, 1.165) is 12.8 Å². The lowest BCUT2D eigenvalue weighted by Gasteiger charge is -2.01. The van der Waals surface area contributed by atoms with Crippen molar-refractivity contribution >= 4 is 21.8 Å². The van der Waals surface area contributed by atoms with E-state index in [1.165, 1.54) is 27.4 Å². The summed E-state index contributed by atoms with van der Waals surface area (Å²) in [6.45, 7) is 0.549. The average molecular weight is 250 g/mol. The molecule has 4 heteroatoms. The number of para-hydroxylation sites is 2. The average Bonchev–Trinajstić information content (AvgIpc) is 2.83. The Morgan fingerprint density at radius 1 is 1.05 bits per heavy atom. The summed E-state index contributed by atoms with van der Waals surface area (Å²) in [6.07, 6.45) is 1.79. The zero-order valence-corrected chi connectivity index (χ0v) is 10.5. The molecule has 0 aliphatic heterocycles. The van der Waals surface area contributed by atoms with Crippen molar-refractivity contribution < 1.29 is 0 Å². The van der Waals surface area contributed by atoms with E-state index in [9.17, 15) is 0 Å². The summed E-state index contributed by atoms with van der Waals surface area (Å²) in [6, 6.07) is 14.7. The van der Waals surface area contributed by atoms with Crippen LogP contribution in [-0.4, -0.2) is 11.5 Å². The van der Waals surface area contributed by atoms with Crippen molar-refractivity contribution in [1.29, 1.82) is 0 Å². The van der Waals surface area contributed by atoms with Crippen LogP contribution in [0.15, 0.2) is 47.6 Å². The monoisotopic (exact) mass is 250 g/mol. The summed E-state index contributed by atoms with van der Waals surface area (Å²) in [7, 11) is 0. The molecule has 0 unspecified atom stereocenters. The van der Waals surface area contributed by atoms with Gasteiger partial charge in [-0.15, -0.1) is 0 Å². The Labute approximate surface area is 110 Å². The van der Waals surface area contributed by atoms with Crippen molar-refractivity contribution in [2.45, 2.75) is 12.8 Å². The van der Waals surface area contributed by atoms with Gasteiger partial charge in [0.05, 0.1) is 0 Å². The molecule has 0 saturated heterocycles. The minimum Gasteiger partial charge on any atom is -0.354 e. The molecule has 1 heterocycles. The predicted octanol–water partition coefficient (Wildman–Crippen LogP) is 4.56. The molecule has 3 aromatic rings. The topological polar surface area (TPSA) is 64.6 Å². The van der Waals surface area contributed by atoms with E-state index >= 15 is 0 Å². The summed E-state index contributed by atoms with van der Waals surface area (Å²) < 4.78 is 0. The van der Waals surface area contributed by atoms with Crippen molar-refractivity contribution in [1.82, 2.24) is 4.98 Å². The van der Waals surface area contributed by atoms with E-state index in [4.69, 9.17) is 5.53 Å². The fourth-order valence-corrected chi connectivity index (χ4v) is 2.53. The van der Waals surface area contributed by atoms with Crippen LogP contribution in [0.2, 0.25) is 0 Å². The largest absolute Gasteiger partial charge is 0.354 e. The van der Waals surface area contributed by atoms with Gasteiger partial charge in [0.2, 0.25) is 0 Å². The van der Waals surface area contributed by atoms with Crippen molar-refractivity contribution in [3.63, 3.8) is 0 Å². The van der Waals surface area contributed by atoms with Crippen LogP contribution >= 0.6 is 0 Å². The fourth-order valence-electron chi connectivity index (χ4n) is 2.53. The highest BCUT2D eigenvalue weighted by Gasteiger charge is 2.06. The molecule has 0 bridgehead atoms. The van der Waals surface area contributed by atoms with Crippen LogP contribution in [0, 0.1) is 0 Å². The number of benzene rings is 2. The van der Waals surface area contributed by atoms with Crippen molar-refractivity contribution in [2.24, 2.45) is 5.11 Å². The lowest BCUT2D eigenvalue weighted by atomic mass is 10.1. The third kappa shape index (κ3) is 2.14. The number of aromatic nitrogens is 1. The first-order valence-electron chi connectivity index (χ1n) is 6.39. The molecule has 0 spiro atoms. The molecule has 1 N–H and O–H groups in total. The zero-order valence-electron chi connectivity index (χ0n) is 10.5. The minimum absolute atomic E-state index is 0.549. The molecule has 0 fully saturated rings. The standard InChI is InChI=1S/C15H14N4/c16-19-17-10-4-6-11-5-3-8-13-12-7-1-2-9-14(12)18-15(11)13/h1-3,5,7-9,18H,4,6,10H2. The van der Waals surface area contributed by atoms with Gasteiger partial charge in [0.15, 0.2) is 0 Å². The van der Waals surface area contributed by atoms with Crippen molar-refractivity contribution in [2.75, 3.05) is 6.54 Å². The number of aromatic amines is 1. The highest BCUT2D eigenvalue weighted by Crippen LogP contribution is 2.27. The number of azide groups is 1. The molecule has 0 atom stereocenters. The normalized spacial score (nSPS) is 10.7. The number of H-pyrrole nitrogens is 1. The molecule has 94 valence electrons. The highest BCUT2D eigenvalue weighted by atomic mass is 15.1. The van der Waals surface area contributed by atoms with E-state index in [2.05, 4.69) is 51.4 Å². The Morgan fingerprint density at radius 2 is 1.89 bits per heavy atom. The van der Waals surface area contributed by atoms with E-state index in [0.29, 0.717) is 6.54 Å². The molecular formula is C15H14N4. The van der Waals surface area contributed by atoms with E-state index in [1.54, 1.807) is 0 Å². The molecule has 1 aromatic heterocycles. The van der Waals surface area contributed by atoms with Gasteiger partial charge in [-0.3, -0.25) is 0 Å². The lowest BCUT2D eigenvalue weighted by Crippen LogP contribution is -1.89. The number of nitrogens with one attached hydrogen (secondary N) is 1. The van der Waals surface area contributed by atoms with Crippen LogP contribution in [0.3, 0.4) is 0 Å². The summed E-state index contributed by atoms with van der Waals surface area (Å²) >= 11 is 0. The third-order valence-corrected chi connectivity index (χ3v) is 3.40. The Kier molecular flexibility index (Phi) is 3.09. The first kappa shape index (κ1) is 11.6. The SMILES string of the molecule is [N-]=[N+]=NCCCc1cccc2c1[nH]c1ccccc12. The van der Waals surface area contributed by atoms with Crippen LogP contribution in [-0.2, 0) is 6.42 Å². The summed E-state index contributed by atoms with van der Waals surface area (Å²) in [5.41, 5.74) is 11.9. The molecule has 4 nitrogen and oxygen atoms in total. The summed E-state index contributed by atoms with van der Waals surface area (Å²) in [5.74, 6) is 0. The molecule has 0 aliphatic rings. The van der Waals surface area contributed by atoms with Gasteiger partial charge in [0.25, 0.3) is 0 Å². The van der Waals surface area contributed by atoms with Crippen molar-refractivity contribution in [3.05, 3.63) is 58.5 Å². The Hall–Kier alpha value is -2.45. The number of hydrogen-bond donors (Lipinski definition) is 1. The highest BCUT2D eigenvalue weighted by molar-refractivity contribution is 6.08. The maximum Gasteiger partial charge on any atom is 0.0497 e. The molecule has 3 rings (SSSR count). The van der Waals surface area contributed by atoms with E-state index < -0.39 is 0 Å². The summed E-state index contributed by atoms with van der Waals surface area (Å²) in [4.78, 5) is 6.27. The van der Waals surface area contributed by atoms with Gasteiger partial charge in [-0.25, -0.2) is 0 Å². The van der Waals surface area contributed by atoms with E-state index in [1.807, 2.05) is 6.07 Å². The van der Waals surface area contributed by atoms with Crippen LogP contribution < -0.4 is 0 Å². The first-order valence-corrected chi connectivity index (χ1v) is 6.39. The number of rotatable bonds is 4. The Morgan fingerprint density at radius 3 is 2.79 bits per heavy atom. The van der Waals surface area contributed by atoms with Gasteiger partial charge in [-0.05, 0) is 30.0 Å². The molecule has 2 aromatic carbocycles. The van der Waals surface area contributed by atoms with Crippen molar-refractivity contribution in [3.8, 4) is 0 Å². The molecule has 0 aliphatic carbocycles. The Balaban J connectivity index is 2.02. The second kappa shape index (κ2) is 5.04. The van der Waals surface area contributed by atoms with Gasteiger partial charge in [-0.2, -0.15) is 0 Å².